The van der Waals surface area contributed by atoms with Crippen molar-refractivity contribution in [1.29, 1.82) is 0 Å². The van der Waals surface area contributed by atoms with E-state index in [1.54, 1.807) is 0 Å². The van der Waals surface area contributed by atoms with E-state index in [-0.39, 0.29) is 34.3 Å². The molecule has 0 aliphatic carbocycles. The highest BCUT2D eigenvalue weighted by Gasteiger charge is 2.33. The van der Waals surface area contributed by atoms with Gasteiger partial charge in [0.05, 0.1) is 29.6 Å². The molecule has 1 fully saturated rings. The quantitative estimate of drug-likeness (QED) is 0.484. The Hall–Kier alpha value is -1.37. The van der Waals surface area contributed by atoms with Crippen molar-refractivity contribution >= 4 is 34.8 Å². The summed E-state index contributed by atoms with van der Waals surface area (Å²) >= 11 is 11.6. The van der Waals surface area contributed by atoms with Crippen LogP contribution in [0.15, 0.2) is 18.2 Å². The van der Waals surface area contributed by atoms with Gasteiger partial charge < -0.3 is 9.64 Å². The highest BCUT2D eigenvalue weighted by Crippen LogP contribution is 2.26. The summed E-state index contributed by atoms with van der Waals surface area (Å²) in [5.74, 6) is -0.177. The van der Waals surface area contributed by atoms with Crippen molar-refractivity contribution in [3.05, 3.63) is 38.9 Å². The number of alkyl halides is 1. The molecule has 0 radical (unpaired) electrons. The van der Waals surface area contributed by atoms with Crippen molar-refractivity contribution in [2.24, 2.45) is 0 Å². The molecule has 1 saturated heterocycles. The lowest BCUT2D eigenvalue weighted by atomic mass is 10.1. The van der Waals surface area contributed by atoms with E-state index in [4.69, 9.17) is 27.9 Å². The van der Waals surface area contributed by atoms with Crippen molar-refractivity contribution in [2.75, 3.05) is 19.0 Å². The monoisotopic (exact) mass is 332 g/mol. The van der Waals surface area contributed by atoms with Crippen LogP contribution < -0.4 is 0 Å². The fourth-order valence-corrected chi connectivity index (χ4v) is 2.55. The lowest BCUT2D eigenvalue weighted by Gasteiger charge is -2.37. The number of nitrogens with zero attached hydrogens (tertiary/aromatic N) is 2. The molecular formula is C13H14Cl2N2O4. The minimum absolute atomic E-state index is 0.0189. The Morgan fingerprint density at radius 3 is 2.90 bits per heavy atom. The van der Waals surface area contributed by atoms with E-state index >= 15 is 0 Å². The molecule has 6 nitrogen and oxygen atoms in total. The first-order valence-electron chi connectivity index (χ1n) is 6.36. The van der Waals surface area contributed by atoms with Crippen LogP contribution in [0.25, 0.3) is 0 Å². The van der Waals surface area contributed by atoms with Gasteiger partial charge in [-0.1, -0.05) is 11.6 Å². The highest BCUT2D eigenvalue weighted by atomic mass is 35.5. The van der Waals surface area contributed by atoms with Gasteiger partial charge in [-0.3, -0.25) is 14.9 Å². The van der Waals surface area contributed by atoms with Gasteiger partial charge in [-0.05, 0) is 19.1 Å². The molecule has 0 spiro atoms. The van der Waals surface area contributed by atoms with E-state index in [0.717, 1.165) is 0 Å². The van der Waals surface area contributed by atoms with Crippen molar-refractivity contribution in [3.63, 3.8) is 0 Å². The van der Waals surface area contributed by atoms with E-state index in [1.165, 1.54) is 23.1 Å². The number of ether oxygens (including phenoxy) is 1. The minimum atomic E-state index is -0.590. The summed E-state index contributed by atoms with van der Waals surface area (Å²) in [5.41, 5.74) is -0.278. The largest absolute Gasteiger partial charge is 0.373 e. The Bertz CT molecular complexity index is 567. The molecule has 2 rings (SSSR count). The molecular weight excluding hydrogens is 319 g/mol. The van der Waals surface area contributed by atoms with Crippen molar-refractivity contribution in [3.8, 4) is 0 Å². The lowest BCUT2D eigenvalue weighted by Crippen LogP contribution is -2.51. The number of amides is 1. The highest BCUT2D eigenvalue weighted by molar-refractivity contribution is 6.31. The zero-order valence-electron chi connectivity index (χ0n) is 11.3. The summed E-state index contributed by atoms with van der Waals surface area (Å²) in [6, 6.07) is 3.76. The predicted molar refractivity (Wildman–Crippen MR) is 79.1 cm³/mol. The zero-order valence-corrected chi connectivity index (χ0v) is 12.8. The second-order valence-corrected chi connectivity index (χ2v) is 5.58. The smallest absolute Gasteiger partial charge is 0.282 e. The SMILES string of the molecule is CC1COC(CCl)CN1C(=O)c1cc(Cl)ccc1[N+](=O)[O-]. The molecule has 0 N–H and O–H groups in total. The maximum absolute atomic E-state index is 12.6. The molecule has 114 valence electrons. The van der Waals surface area contributed by atoms with Crippen LogP contribution in [0, 0.1) is 10.1 Å². The average Bonchev–Trinajstić information content (AvgIpc) is 2.46. The summed E-state index contributed by atoms with van der Waals surface area (Å²) in [6.45, 7) is 2.46. The maximum atomic E-state index is 12.6. The molecule has 1 aromatic rings. The summed E-state index contributed by atoms with van der Waals surface area (Å²) in [6.07, 6.45) is -0.273. The number of benzene rings is 1. The van der Waals surface area contributed by atoms with E-state index < -0.39 is 10.8 Å². The van der Waals surface area contributed by atoms with Crippen LogP contribution in [-0.2, 0) is 4.74 Å². The maximum Gasteiger partial charge on any atom is 0.282 e. The van der Waals surface area contributed by atoms with E-state index in [1.807, 2.05) is 6.92 Å². The number of carbonyl (C=O) groups excluding carboxylic acids is 1. The number of rotatable bonds is 3. The summed E-state index contributed by atoms with van der Waals surface area (Å²) in [5, 5.41) is 11.3. The van der Waals surface area contributed by atoms with Gasteiger partial charge in [-0.15, -0.1) is 11.6 Å². The Morgan fingerprint density at radius 2 is 2.29 bits per heavy atom. The number of halogens is 2. The Labute approximate surface area is 131 Å². The van der Waals surface area contributed by atoms with Crippen molar-refractivity contribution < 1.29 is 14.5 Å². The number of hydrogen-bond donors (Lipinski definition) is 0. The van der Waals surface area contributed by atoms with Gasteiger partial charge in [0.2, 0.25) is 0 Å². The first-order valence-corrected chi connectivity index (χ1v) is 7.27. The van der Waals surface area contributed by atoms with Crippen LogP contribution in [-0.4, -0.2) is 46.9 Å². The van der Waals surface area contributed by atoms with Gasteiger partial charge in [0.25, 0.3) is 11.6 Å². The Morgan fingerprint density at radius 1 is 1.57 bits per heavy atom. The number of morpholine rings is 1. The fraction of sp³-hybridized carbons (Fsp3) is 0.462. The zero-order chi connectivity index (χ0) is 15.6. The number of hydrogen-bond acceptors (Lipinski definition) is 4. The first-order chi connectivity index (χ1) is 9.93. The van der Waals surface area contributed by atoms with Crippen LogP contribution in [0.2, 0.25) is 5.02 Å². The van der Waals surface area contributed by atoms with Crippen LogP contribution >= 0.6 is 23.2 Å². The third kappa shape index (κ3) is 3.45. The van der Waals surface area contributed by atoms with Crippen LogP contribution in [0.4, 0.5) is 5.69 Å². The minimum Gasteiger partial charge on any atom is -0.373 e. The molecule has 0 bridgehead atoms. The van der Waals surface area contributed by atoms with E-state index in [0.29, 0.717) is 13.2 Å². The number of carbonyl (C=O) groups is 1. The third-order valence-electron chi connectivity index (χ3n) is 3.32. The number of nitro groups is 1. The molecule has 21 heavy (non-hydrogen) atoms. The molecule has 1 amide bonds. The summed E-state index contributed by atoms with van der Waals surface area (Å²) < 4.78 is 5.47. The molecule has 1 aromatic carbocycles. The van der Waals surface area contributed by atoms with Gasteiger partial charge in [-0.2, -0.15) is 0 Å². The summed E-state index contributed by atoms with van der Waals surface area (Å²) in [7, 11) is 0. The molecule has 0 saturated carbocycles. The average molecular weight is 333 g/mol. The Kier molecular flexibility index (Phi) is 5.03. The molecule has 0 aromatic heterocycles. The normalized spacial score (nSPS) is 22.1. The van der Waals surface area contributed by atoms with Crippen LogP contribution in [0.1, 0.15) is 17.3 Å². The summed E-state index contributed by atoms with van der Waals surface area (Å²) in [4.78, 5) is 24.6. The number of nitro benzene ring substituents is 1. The van der Waals surface area contributed by atoms with Gasteiger partial charge in [0.1, 0.15) is 5.56 Å². The predicted octanol–water partition coefficient (Wildman–Crippen LogP) is 2.72. The first kappa shape index (κ1) is 16.0. The van der Waals surface area contributed by atoms with Crippen LogP contribution in [0.5, 0.6) is 0 Å². The molecule has 2 atom stereocenters. The van der Waals surface area contributed by atoms with Crippen molar-refractivity contribution in [2.45, 2.75) is 19.1 Å². The topological polar surface area (TPSA) is 72.7 Å². The van der Waals surface area contributed by atoms with E-state index in [9.17, 15) is 14.9 Å². The molecule has 1 aliphatic rings. The fourth-order valence-electron chi connectivity index (χ4n) is 2.19. The van der Waals surface area contributed by atoms with E-state index in [2.05, 4.69) is 0 Å². The van der Waals surface area contributed by atoms with Gasteiger partial charge in [0, 0.05) is 17.6 Å². The van der Waals surface area contributed by atoms with Crippen LogP contribution in [0.3, 0.4) is 0 Å². The van der Waals surface area contributed by atoms with Gasteiger partial charge >= 0.3 is 0 Å². The lowest BCUT2D eigenvalue weighted by molar-refractivity contribution is -0.385. The van der Waals surface area contributed by atoms with Gasteiger partial charge in [-0.25, -0.2) is 0 Å². The molecule has 2 unspecified atom stereocenters. The third-order valence-corrected chi connectivity index (χ3v) is 3.90. The molecule has 8 heteroatoms. The molecule has 1 aliphatic heterocycles. The van der Waals surface area contributed by atoms with Gasteiger partial charge in [0.15, 0.2) is 0 Å². The second-order valence-electron chi connectivity index (χ2n) is 4.83. The second kappa shape index (κ2) is 6.60. The standard InChI is InChI=1S/C13H14Cl2N2O4/c1-8-7-21-10(5-14)6-16(8)13(18)11-4-9(15)2-3-12(11)17(19)20/h2-4,8,10H,5-7H2,1H3. The van der Waals surface area contributed by atoms with Crippen molar-refractivity contribution in [1.82, 2.24) is 4.90 Å². The molecule has 1 heterocycles. The Balaban J connectivity index is 2.34.